The Morgan fingerprint density at radius 3 is 1.88 bits per heavy atom. The fourth-order valence-corrected chi connectivity index (χ4v) is 8.43. The maximum atomic E-state index is 2.59. The van der Waals surface area contributed by atoms with Crippen LogP contribution in [-0.2, 0) is 0 Å². The fourth-order valence-electron chi connectivity index (χ4n) is 8.43. The highest BCUT2D eigenvalue weighted by Crippen LogP contribution is 2.75. The third-order valence-electron chi connectivity index (χ3n) is 9.12. The predicted molar refractivity (Wildman–Crippen MR) is 106 cm³/mol. The summed E-state index contributed by atoms with van der Waals surface area (Å²) in [7, 11) is 0. The van der Waals surface area contributed by atoms with Gasteiger partial charge in [0, 0.05) is 0 Å². The Hall–Kier alpha value is 0. The second kappa shape index (κ2) is 6.02. The Kier molecular flexibility index (Phi) is 4.71. The van der Waals surface area contributed by atoms with E-state index in [0.29, 0.717) is 10.8 Å². The van der Waals surface area contributed by atoms with Gasteiger partial charge in [0.15, 0.2) is 0 Å². The van der Waals surface area contributed by atoms with Gasteiger partial charge in [0.1, 0.15) is 0 Å². The van der Waals surface area contributed by atoms with Gasteiger partial charge in [-0.3, -0.25) is 0 Å². The van der Waals surface area contributed by atoms with Crippen molar-refractivity contribution in [1.29, 1.82) is 0 Å². The Morgan fingerprint density at radius 1 is 0.750 bits per heavy atom. The Balaban J connectivity index is 0.000000815. The third kappa shape index (κ3) is 2.44. The van der Waals surface area contributed by atoms with Gasteiger partial charge >= 0.3 is 0 Å². The van der Waals surface area contributed by atoms with Crippen LogP contribution in [0.1, 0.15) is 88.0 Å². The number of hydrogen-bond donors (Lipinski definition) is 0. The highest BCUT2D eigenvalue weighted by molar-refractivity contribution is 5.17. The summed E-state index contributed by atoms with van der Waals surface area (Å²) < 4.78 is 0. The average Bonchev–Trinajstić information content (AvgIpc) is 3.23. The van der Waals surface area contributed by atoms with Crippen LogP contribution in [0.4, 0.5) is 0 Å². The van der Waals surface area contributed by atoms with E-state index in [1.165, 1.54) is 6.42 Å². The summed E-state index contributed by atoms with van der Waals surface area (Å²) in [4.78, 5) is 0. The Bertz CT molecular complexity index is 453. The molecule has 0 N–H and O–H groups in total. The minimum atomic E-state index is 0.493. The van der Waals surface area contributed by atoms with Crippen LogP contribution in [0.5, 0.6) is 0 Å². The molecule has 0 saturated heterocycles. The van der Waals surface area contributed by atoms with Gasteiger partial charge in [0.25, 0.3) is 0 Å². The summed E-state index contributed by atoms with van der Waals surface area (Å²) in [5.41, 5.74) is 1.03. The normalized spacial score (nSPS) is 49.1. The van der Waals surface area contributed by atoms with Gasteiger partial charge in [0.2, 0.25) is 0 Å². The van der Waals surface area contributed by atoms with Crippen LogP contribution < -0.4 is 0 Å². The van der Waals surface area contributed by atoms with E-state index in [9.17, 15) is 0 Å². The number of rotatable bonds is 2. The van der Waals surface area contributed by atoms with E-state index in [1.54, 1.807) is 19.3 Å². The molecule has 0 aliphatic heterocycles. The molecular formula is C24H44. The molecule has 0 aromatic heterocycles. The van der Waals surface area contributed by atoms with Crippen molar-refractivity contribution in [3.63, 3.8) is 0 Å². The fraction of sp³-hybridized carbons (Fsp3) is 1.00. The lowest BCUT2D eigenvalue weighted by molar-refractivity contribution is -0.0580. The minimum Gasteiger partial charge on any atom is -0.0683 e. The molecule has 0 spiro atoms. The summed E-state index contributed by atoms with van der Waals surface area (Å²) in [5, 5.41) is 0. The van der Waals surface area contributed by atoms with Gasteiger partial charge in [-0.15, -0.1) is 0 Å². The van der Waals surface area contributed by atoms with Crippen molar-refractivity contribution in [3.8, 4) is 0 Å². The molecule has 4 bridgehead atoms. The first-order valence-electron chi connectivity index (χ1n) is 11.2. The maximum absolute atomic E-state index is 2.59. The molecule has 9 unspecified atom stereocenters. The van der Waals surface area contributed by atoms with Crippen molar-refractivity contribution in [2.45, 2.75) is 88.0 Å². The molecule has 0 nitrogen and oxygen atoms in total. The van der Waals surface area contributed by atoms with Crippen LogP contribution in [0, 0.1) is 64.1 Å². The minimum absolute atomic E-state index is 0.493. The lowest BCUT2D eigenvalue weighted by Gasteiger charge is -2.53. The molecule has 0 aromatic rings. The molecule has 4 saturated carbocycles. The molecule has 0 amide bonds. The standard InChI is InChI=1S/C22H38.C2H6/c1-8-22(6,7)20-15-11-16(19(20)21(3,4)5)18-14-10-13(17(15)18)9-12(14)2;1-2/h12-20H,8-11H2,1-7H3;1-2H3. The van der Waals surface area contributed by atoms with E-state index < -0.39 is 0 Å². The topological polar surface area (TPSA) is 0 Å². The van der Waals surface area contributed by atoms with Crippen molar-refractivity contribution in [2.75, 3.05) is 0 Å². The molecule has 4 aliphatic carbocycles. The van der Waals surface area contributed by atoms with E-state index in [4.69, 9.17) is 0 Å². The summed E-state index contributed by atoms with van der Waals surface area (Å²) >= 11 is 0. The van der Waals surface area contributed by atoms with Gasteiger partial charge in [-0.05, 0) is 83.4 Å². The van der Waals surface area contributed by atoms with Gasteiger partial charge in [-0.2, -0.15) is 0 Å². The van der Waals surface area contributed by atoms with E-state index in [-0.39, 0.29) is 0 Å². The second-order valence-corrected chi connectivity index (χ2v) is 11.4. The molecule has 4 fully saturated rings. The third-order valence-corrected chi connectivity index (χ3v) is 9.12. The van der Waals surface area contributed by atoms with E-state index in [0.717, 1.165) is 53.3 Å². The second-order valence-electron chi connectivity index (χ2n) is 11.4. The molecule has 0 radical (unpaired) electrons. The van der Waals surface area contributed by atoms with Crippen LogP contribution in [0.15, 0.2) is 0 Å². The van der Waals surface area contributed by atoms with E-state index >= 15 is 0 Å². The van der Waals surface area contributed by atoms with Crippen molar-refractivity contribution in [2.24, 2.45) is 64.1 Å². The van der Waals surface area contributed by atoms with Gasteiger partial charge in [-0.1, -0.05) is 68.7 Å². The zero-order chi connectivity index (χ0) is 18.0. The number of fused-ring (bicyclic) bond motifs is 9. The van der Waals surface area contributed by atoms with E-state index in [2.05, 4.69) is 48.5 Å². The molecule has 0 heteroatoms. The largest absolute Gasteiger partial charge is 0.0683 e. The van der Waals surface area contributed by atoms with Gasteiger partial charge in [-0.25, -0.2) is 0 Å². The van der Waals surface area contributed by atoms with E-state index in [1.807, 2.05) is 13.8 Å². The zero-order valence-corrected chi connectivity index (χ0v) is 18.0. The first-order chi connectivity index (χ1) is 11.2. The Morgan fingerprint density at radius 2 is 1.33 bits per heavy atom. The molecule has 4 aliphatic rings. The van der Waals surface area contributed by atoms with Crippen LogP contribution in [0.25, 0.3) is 0 Å². The average molecular weight is 333 g/mol. The predicted octanol–water partition coefficient (Wildman–Crippen LogP) is 7.29. The maximum Gasteiger partial charge on any atom is -0.0295 e. The van der Waals surface area contributed by atoms with Crippen LogP contribution in [0.3, 0.4) is 0 Å². The van der Waals surface area contributed by atoms with Crippen molar-refractivity contribution in [3.05, 3.63) is 0 Å². The van der Waals surface area contributed by atoms with Crippen molar-refractivity contribution in [1.82, 2.24) is 0 Å². The highest BCUT2D eigenvalue weighted by Gasteiger charge is 2.69. The molecule has 9 atom stereocenters. The first kappa shape index (κ1) is 18.8. The molecule has 0 heterocycles. The monoisotopic (exact) mass is 332 g/mol. The summed E-state index contributed by atoms with van der Waals surface area (Å²) in [6.45, 7) is 21.8. The van der Waals surface area contributed by atoms with Crippen LogP contribution in [-0.4, -0.2) is 0 Å². The van der Waals surface area contributed by atoms with Crippen LogP contribution in [0.2, 0.25) is 0 Å². The zero-order valence-electron chi connectivity index (χ0n) is 18.0. The number of hydrogen-bond acceptors (Lipinski definition) is 0. The van der Waals surface area contributed by atoms with Gasteiger partial charge < -0.3 is 0 Å². The molecule has 0 aromatic carbocycles. The lowest BCUT2D eigenvalue weighted by atomic mass is 9.51. The Labute approximate surface area is 152 Å². The van der Waals surface area contributed by atoms with Crippen molar-refractivity contribution < 1.29 is 0 Å². The van der Waals surface area contributed by atoms with Crippen LogP contribution >= 0.6 is 0 Å². The lowest BCUT2D eigenvalue weighted by Crippen LogP contribution is -2.48. The quantitative estimate of drug-likeness (QED) is 0.466. The van der Waals surface area contributed by atoms with Gasteiger partial charge in [0.05, 0.1) is 0 Å². The smallest absolute Gasteiger partial charge is 0.0295 e. The highest BCUT2D eigenvalue weighted by atomic mass is 14.7. The molecule has 140 valence electrons. The summed E-state index contributed by atoms with van der Waals surface area (Å²) in [6.07, 6.45) is 6.11. The molecule has 4 rings (SSSR count). The first-order valence-corrected chi connectivity index (χ1v) is 11.2. The van der Waals surface area contributed by atoms with Crippen molar-refractivity contribution >= 4 is 0 Å². The SMILES string of the molecule is CC.CCC(C)(C)C1C2CC(C3C4CC(CC4C)C23)C1C(C)(C)C. The summed E-state index contributed by atoms with van der Waals surface area (Å²) in [6, 6.07) is 0. The molecular weight excluding hydrogens is 288 g/mol. The molecule has 24 heavy (non-hydrogen) atoms. The summed E-state index contributed by atoms with van der Waals surface area (Å²) in [5.74, 6) is 9.56.